The van der Waals surface area contributed by atoms with E-state index in [1.54, 1.807) is 24.5 Å². The molecule has 0 radical (unpaired) electrons. The lowest BCUT2D eigenvalue weighted by atomic mass is 9.97. The number of pyridine rings is 2. The Bertz CT molecular complexity index is 903. The number of amides is 1. The molecule has 0 aliphatic carbocycles. The normalized spacial score (nSPS) is 15.4. The number of hydrogen-bond acceptors (Lipinski definition) is 6. The maximum atomic E-state index is 12.5. The third-order valence-corrected chi connectivity index (χ3v) is 4.25. The molecule has 7 heteroatoms. The van der Waals surface area contributed by atoms with Crippen molar-refractivity contribution in [1.29, 1.82) is 0 Å². The van der Waals surface area contributed by atoms with Crippen LogP contribution in [0.3, 0.4) is 0 Å². The summed E-state index contributed by atoms with van der Waals surface area (Å²) in [4.78, 5) is 34.2. The standard InChI is InChI=1S/C21H26N4O3/c1-20(2,3)12-24-19(27)15-7-16(10-22-9-15)25-13-21(4,5)28-17-6-14(11-26)8-23-18(17)25/h6-11H,12-13H2,1-5H3,(H,24,27). The molecule has 1 aliphatic rings. The summed E-state index contributed by atoms with van der Waals surface area (Å²) >= 11 is 0. The van der Waals surface area contributed by atoms with E-state index in [1.807, 2.05) is 18.7 Å². The first-order valence-electron chi connectivity index (χ1n) is 9.23. The third kappa shape index (κ3) is 4.47. The molecule has 1 aliphatic heterocycles. The van der Waals surface area contributed by atoms with Crippen molar-refractivity contribution in [2.24, 2.45) is 5.41 Å². The fraction of sp³-hybridized carbons (Fsp3) is 0.429. The molecule has 0 fully saturated rings. The van der Waals surface area contributed by atoms with Crippen LogP contribution in [0.15, 0.2) is 30.7 Å². The smallest absolute Gasteiger partial charge is 0.252 e. The van der Waals surface area contributed by atoms with Crippen molar-refractivity contribution >= 4 is 23.7 Å². The molecule has 3 rings (SSSR count). The van der Waals surface area contributed by atoms with Gasteiger partial charge in [-0.2, -0.15) is 0 Å². The molecule has 3 heterocycles. The maximum Gasteiger partial charge on any atom is 0.252 e. The van der Waals surface area contributed by atoms with Crippen LogP contribution in [0.2, 0.25) is 0 Å². The molecule has 0 saturated carbocycles. The first-order valence-corrected chi connectivity index (χ1v) is 9.23. The molecule has 2 aromatic rings. The molecule has 0 spiro atoms. The van der Waals surface area contributed by atoms with Crippen molar-refractivity contribution in [3.63, 3.8) is 0 Å². The Hall–Kier alpha value is -2.96. The Balaban J connectivity index is 1.93. The van der Waals surface area contributed by atoms with Gasteiger partial charge in [0.25, 0.3) is 5.91 Å². The lowest BCUT2D eigenvalue weighted by molar-refractivity contribution is 0.0938. The summed E-state index contributed by atoms with van der Waals surface area (Å²) in [6, 6.07) is 3.47. The number of ether oxygens (including phenoxy) is 1. The van der Waals surface area contributed by atoms with Gasteiger partial charge in [0.1, 0.15) is 5.60 Å². The van der Waals surface area contributed by atoms with Gasteiger partial charge in [-0.25, -0.2) is 4.98 Å². The average molecular weight is 382 g/mol. The van der Waals surface area contributed by atoms with Crippen molar-refractivity contribution in [3.8, 4) is 5.75 Å². The highest BCUT2D eigenvalue weighted by molar-refractivity contribution is 5.95. The van der Waals surface area contributed by atoms with Crippen LogP contribution in [0.5, 0.6) is 5.75 Å². The molecule has 0 saturated heterocycles. The third-order valence-electron chi connectivity index (χ3n) is 4.25. The summed E-state index contributed by atoms with van der Waals surface area (Å²) in [6.07, 6.45) is 5.50. The number of aromatic nitrogens is 2. The first kappa shape index (κ1) is 19.8. The second-order valence-corrected chi connectivity index (χ2v) is 8.83. The van der Waals surface area contributed by atoms with E-state index in [2.05, 4.69) is 36.1 Å². The molecule has 1 amide bonds. The summed E-state index contributed by atoms with van der Waals surface area (Å²) in [5.41, 5.74) is 1.17. The number of aldehydes is 1. The Morgan fingerprint density at radius 2 is 2.04 bits per heavy atom. The lowest BCUT2D eigenvalue weighted by Crippen LogP contribution is -2.45. The molecule has 28 heavy (non-hydrogen) atoms. The van der Waals surface area contributed by atoms with Crippen LogP contribution in [0, 0.1) is 5.41 Å². The number of nitrogens with zero attached hydrogens (tertiary/aromatic N) is 3. The van der Waals surface area contributed by atoms with Gasteiger partial charge in [0.15, 0.2) is 17.9 Å². The molecular formula is C21H26N4O3. The number of hydrogen-bond donors (Lipinski definition) is 1. The number of carbonyl (C=O) groups excluding carboxylic acids is 2. The second-order valence-electron chi connectivity index (χ2n) is 8.83. The number of anilines is 2. The first-order chi connectivity index (χ1) is 13.1. The molecule has 0 atom stereocenters. The Morgan fingerprint density at radius 1 is 1.29 bits per heavy atom. The van der Waals surface area contributed by atoms with Gasteiger partial charge < -0.3 is 15.0 Å². The monoisotopic (exact) mass is 382 g/mol. The number of nitrogens with one attached hydrogen (secondary N) is 1. The summed E-state index contributed by atoms with van der Waals surface area (Å²) in [7, 11) is 0. The number of carbonyl (C=O) groups is 2. The second kappa shape index (κ2) is 7.22. The Morgan fingerprint density at radius 3 is 2.71 bits per heavy atom. The largest absolute Gasteiger partial charge is 0.482 e. The van der Waals surface area contributed by atoms with E-state index in [0.29, 0.717) is 35.8 Å². The number of fused-ring (bicyclic) bond motifs is 1. The Labute approximate surface area is 165 Å². The minimum Gasteiger partial charge on any atom is -0.482 e. The van der Waals surface area contributed by atoms with Gasteiger partial charge in [0.2, 0.25) is 0 Å². The summed E-state index contributed by atoms with van der Waals surface area (Å²) < 4.78 is 6.00. The van der Waals surface area contributed by atoms with Crippen LogP contribution in [-0.2, 0) is 0 Å². The zero-order chi connectivity index (χ0) is 20.5. The number of rotatable bonds is 4. The van der Waals surface area contributed by atoms with Crippen LogP contribution in [0.4, 0.5) is 11.5 Å². The zero-order valence-corrected chi connectivity index (χ0v) is 16.9. The van der Waals surface area contributed by atoms with Gasteiger partial charge in [-0.05, 0) is 31.4 Å². The van der Waals surface area contributed by atoms with Gasteiger partial charge in [0.05, 0.1) is 24.0 Å². The van der Waals surface area contributed by atoms with Crippen molar-refractivity contribution in [2.45, 2.75) is 40.2 Å². The molecule has 0 aromatic carbocycles. The maximum absolute atomic E-state index is 12.5. The molecule has 148 valence electrons. The van der Waals surface area contributed by atoms with Gasteiger partial charge >= 0.3 is 0 Å². The van der Waals surface area contributed by atoms with E-state index >= 15 is 0 Å². The topological polar surface area (TPSA) is 84.4 Å². The minimum atomic E-state index is -0.499. The Kier molecular flexibility index (Phi) is 5.10. The van der Waals surface area contributed by atoms with Crippen molar-refractivity contribution in [2.75, 3.05) is 18.0 Å². The SMILES string of the molecule is CC(C)(C)CNC(=O)c1cncc(N2CC(C)(C)Oc3cc(C=O)cnc32)c1. The van der Waals surface area contributed by atoms with Gasteiger partial charge in [-0.1, -0.05) is 20.8 Å². The highest BCUT2D eigenvalue weighted by atomic mass is 16.5. The van der Waals surface area contributed by atoms with Crippen LogP contribution < -0.4 is 15.0 Å². The predicted molar refractivity (Wildman–Crippen MR) is 107 cm³/mol. The molecule has 7 nitrogen and oxygen atoms in total. The van der Waals surface area contributed by atoms with E-state index in [9.17, 15) is 9.59 Å². The van der Waals surface area contributed by atoms with Gasteiger partial charge in [-0.3, -0.25) is 14.6 Å². The van der Waals surface area contributed by atoms with E-state index in [4.69, 9.17) is 4.74 Å². The summed E-state index contributed by atoms with van der Waals surface area (Å²) in [5.74, 6) is 0.962. The fourth-order valence-corrected chi connectivity index (χ4v) is 2.94. The molecule has 2 aromatic heterocycles. The van der Waals surface area contributed by atoms with E-state index in [1.165, 1.54) is 6.20 Å². The van der Waals surface area contributed by atoms with Crippen molar-refractivity contribution in [1.82, 2.24) is 15.3 Å². The average Bonchev–Trinajstić information content (AvgIpc) is 2.63. The van der Waals surface area contributed by atoms with Crippen LogP contribution >= 0.6 is 0 Å². The minimum absolute atomic E-state index is 0.00587. The van der Waals surface area contributed by atoms with E-state index in [-0.39, 0.29) is 11.3 Å². The summed E-state index contributed by atoms with van der Waals surface area (Å²) in [6.45, 7) is 11.2. The zero-order valence-electron chi connectivity index (χ0n) is 16.9. The van der Waals surface area contributed by atoms with Crippen molar-refractivity contribution < 1.29 is 14.3 Å². The van der Waals surface area contributed by atoms with Crippen LogP contribution in [0.25, 0.3) is 0 Å². The van der Waals surface area contributed by atoms with Gasteiger partial charge in [-0.15, -0.1) is 0 Å². The quantitative estimate of drug-likeness (QED) is 0.816. The lowest BCUT2D eigenvalue weighted by Gasteiger charge is -2.39. The molecule has 1 N–H and O–H groups in total. The van der Waals surface area contributed by atoms with Crippen LogP contribution in [0.1, 0.15) is 55.3 Å². The summed E-state index contributed by atoms with van der Waals surface area (Å²) in [5, 5.41) is 2.94. The highest BCUT2D eigenvalue weighted by Crippen LogP contribution is 2.39. The molecule has 0 bridgehead atoms. The van der Waals surface area contributed by atoms with Crippen molar-refractivity contribution in [3.05, 3.63) is 41.9 Å². The molecule has 0 unspecified atom stereocenters. The van der Waals surface area contributed by atoms with E-state index < -0.39 is 5.60 Å². The van der Waals surface area contributed by atoms with E-state index in [0.717, 1.165) is 12.0 Å². The fourth-order valence-electron chi connectivity index (χ4n) is 2.94. The van der Waals surface area contributed by atoms with Crippen LogP contribution in [-0.4, -0.2) is 40.9 Å². The molecular weight excluding hydrogens is 356 g/mol. The predicted octanol–water partition coefficient (Wildman–Crippen LogP) is 3.37. The van der Waals surface area contributed by atoms with Gasteiger partial charge in [0, 0.05) is 24.5 Å². The highest BCUT2D eigenvalue weighted by Gasteiger charge is 2.34.